The average molecular weight is 382 g/mol. The molecule has 5 nitrogen and oxygen atoms in total. The zero-order valence-electron chi connectivity index (χ0n) is 17.0. The van der Waals surface area contributed by atoms with Crippen LogP contribution in [-0.4, -0.2) is 54.7 Å². The Hall–Kier alpha value is -2.37. The highest BCUT2D eigenvalue weighted by Gasteiger charge is 2.26. The van der Waals surface area contributed by atoms with Crippen molar-refractivity contribution in [1.29, 1.82) is 0 Å². The SMILES string of the molecule is CC(C)NC(=O)c1ccc(N(C)[C@H](CN2CC[C@H](O)C2)c2ccccc2)cc1. The molecule has 0 aromatic heterocycles. The maximum absolute atomic E-state index is 12.2. The number of likely N-dealkylation sites (tertiary alicyclic amines) is 1. The Morgan fingerprint density at radius 3 is 2.43 bits per heavy atom. The lowest BCUT2D eigenvalue weighted by molar-refractivity contribution is 0.0943. The summed E-state index contributed by atoms with van der Waals surface area (Å²) < 4.78 is 0. The van der Waals surface area contributed by atoms with Crippen molar-refractivity contribution in [2.75, 3.05) is 31.6 Å². The third-order valence-electron chi connectivity index (χ3n) is 5.29. The van der Waals surface area contributed by atoms with Crippen molar-refractivity contribution < 1.29 is 9.90 Å². The summed E-state index contributed by atoms with van der Waals surface area (Å²) in [5, 5.41) is 12.8. The number of nitrogens with zero attached hydrogens (tertiary/aromatic N) is 2. The molecule has 0 aliphatic carbocycles. The first-order valence-electron chi connectivity index (χ1n) is 10.0. The molecular formula is C23H31N3O2. The number of hydrogen-bond acceptors (Lipinski definition) is 4. The van der Waals surface area contributed by atoms with Crippen LogP contribution in [0.3, 0.4) is 0 Å². The number of anilines is 1. The van der Waals surface area contributed by atoms with Crippen molar-refractivity contribution in [3.05, 3.63) is 65.7 Å². The average Bonchev–Trinajstić information content (AvgIpc) is 3.11. The van der Waals surface area contributed by atoms with Crippen molar-refractivity contribution >= 4 is 11.6 Å². The van der Waals surface area contributed by atoms with Gasteiger partial charge in [0.1, 0.15) is 0 Å². The Morgan fingerprint density at radius 1 is 1.18 bits per heavy atom. The Morgan fingerprint density at radius 2 is 1.86 bits per heavy atom. The highest BCUT2D eigenvalue weighted by atomic mass is 16.3. The lowest BCUT2D eigenvalue weighted by atomic mass is 10.0. The molecule has 28 heavy (non-hydrogen) atoms. The van der Waals surface area contributed by atoms with Crippen LogP contribution in [0.5, 0.6) is 0 Å². The van der Waals surface area contributed by atoms with E-state index in [2.05, 4.69) is 46.4 Å². The Balaban J connectivity index is 1.78. The Labute approximate surface area is 168 Å². The molecule has 1 saturated heterocycles. The summed E-state index contributed by atoms with van der Waals surface area (Å²) >= 11 is 0. The smallest absolute Gasteiger partial charge is 0.251 e. The van der Waals surface area contributed by atoms with Gasteiger partial charge in [0, 0.05) is 44.0 Å². The van der Waals surface area contributed by atoms with E-state index in [1.165, 1.54) is 5.56 Å². The third-order valence-corrected chi connectivity index (χ3v) is 5.29. The Kier molecular flexibility index (Phi) is 6.70. The maximum Gasteiger partial charge on any atom is 0.251 e. The van der Waals surface area contributed by atoms with Crippen LogP contribution in [0.25, 0.3) is 0 Å². The highest BCUT2D eigenvalue weighted by Crippen LogP contribution is 2.28. The Bertz CT molecular complexity index is 761. The second kappa shape index (κ2) is 9.22. The number of aliphatic hydroxyl groups is 1. The molecule has 2 N–H and O–H groups in total. The molecule has 0 radical (unpaired) electrons. The van der Waals surface area contributed by atoms with Crippen molar-refractivity contribution in [2.24, 2.45) is 0 Å². The normalized spacial score (nSPS) is 18.2. The molecule has 2 aromatic rings. The number of carbonyl (C=O) groups is 1. The highest BCUT2D eigenvalue weighted by molar-refractivity contribution is 5.94. The molecule has 2 aromatic carbocycles. The van der Waals surface area contributed by atoms with Crippen LogP contribution in [0, 0.1) is 0 Å². The molecule has 3 rings (SSSR count). The summed E-state index contributed by atoms with van der Waals surface area (Å²) in [4.78, 5) is 16.8. The van der Waals surface area contributed by atoms with Gasteiger partial charge in [0.2, 0.25) is 0 Å². The predicted octanol–water partition coefficient (Wildman–Crippen LogP) is 3.07. The predicted molar refractivity (Wildman–Crippen MR) is 114 cm³/mol. The summed E-state index contributed by atoms with van der Waals surface area (Å²) in [6, 6.07) is 18.5. The van der Waals surface area contributed by atoms with Crippen molar-refractivity contribution in [1.82, 2.24) is 10.2 Å². The van der Waals surface area contributed by atoms with Crippen LogP contribution in [0.15, 0.2) is 54.6 Å². The van der Waals surface area contributed by atoms with Gasteiger partial charge in [0.15, 0.2) is 0 Å². The van der Waals surface area contributed by atoms with E-state index >= 15 is 0 Å². The van der Waals surface area contributed by atoms with Gasteiger partial charge in [-0.05, 0) is 50.1 Å². The first kappa shape index (κ1) is 20.4. The van der Waals surface area contributed by atoms with Gasteiger partial charge in [-0.2, -0.15) is 0 Å². The third kappa shape index (κ3) is 5.12. The van der Waals surface area contributed by atoms with Crippen LogP contribution in [-0.2, 0) is 0 Å². The van der Waals surface area contributed by atoms with Crippen LogP contribution in [0.1, 0.15) is 42.2 Å². The number of rotatable bonds is 7. The lowest BCUT2D eigenvalue weighted by Crippen LogP contribution is -2.36. The van der Waals surface area contributed by atoms with Crippen molar-refractivity contribution in [3.63, 3.8) is 0 Å². The van der Waals surface area contributed by atoms with Crippen LogP contribution >= 0.6 is 0 Å². The first-order chi connectivity index (χ1) is 13.4. The minimum absolute atomic E-state index is 0.0464. The number of benzene rings is 2. The standard InChI is InChI=1S/C23H31N3O2/c1-17(2)24-23(28)19-9-11-20(12-10-19)25(3)22(18-7-5-4-6-8-18)16-26-14-13-21(27)15-26/h4-12,17,21-22,27H,13-16H2,1-3H3,(H,24,28)/t21-,22+/m0/s1. The number of aliphatic hydroxyl groups excluding tert-OH is 1. The molecule has 2 atom stereocenters. The lowest BCUT2D eigenvalue weighted by Gasteiger charge is -2.33. The number of amides is 1. The second-order valence-electron chi connectivity index (χ2n) is 7.91. The summed E-state index contributed by atoms with van der Waals surface area (Å²) in [6.45, 7) is 6.42. The molecule has 1 aliphatic heterocycles. The first-order valence-corrected chi connectivity index (χ1v) is 10.0. The van der Waals surface area contributed by atoms with Gasteiger partial charge in [-0.1, -0.05) is 30.3 Å². The molecule has 1 amide bonds. The molecule has 0 unspecified atom stereocenters. The fourth-order valence-corrected chi connectivity index (χ4v) is 3.72. The number of β-amino-alcohol motifs (C(OH)–C–C–N with tert-alkyl or cyclic N) is 1. The summed E-state index contributed by atoms with van der Waals surface area (Å²) in [5.74, 6) is -0.0464. The molecule has 1 fully saturated rings. The minimum atomic E-state index is -0.222. The van der Waals surface area contributed by atoms with Gasteiger partial charge in [0.05, 0.1) is 12.1 Å². The van der Waals surface area contributed by atoms with Crippen molar-refractivity contribution in [3.8, 4) is 0 Å². The van der Waals surface area contributed by atoms with E-state index < -0.39 is 0 Å². The fraction of sp³-hybridized carbons (Fsp3) is 0.435. The van der Waals surface area contributed by atoms with Gasteiger partial charge in [-0.25, -0.2) is 0 Å². The topological polar surface area (TPSA) is 55.8 Å². The number of hydrogen-bond donors (Lipinski definition) is 2. The molecule has 150 valence electrons. The van der Waals surface area contributed by atoms with Crippen LogP contribution in [0.4, 0.5) is 5.69 Å². The molecule has 1 aliphatic rings. The largest absolute Gasteiger partial charge is 0.392 e. The fourth-order valence-electron chi connectivity index (χ4n) is 3.72. The van der Waals surface area contributed by atoms with Gasteiger partial charge in [-0.15, -0.1) is 0 Å². The molecule has 0 bridgehead atoms. The summed E-state index contributed by atoms with van der Waals surface area (Å²) in [6.07, 6.45) is 0.616. The minimum Gasteiger partial charge on any atom is -0.392 e. The number of likely N-dealkylation sites (N-methyl/N-ethyl adjacent to an activating group) is 1. The molecule has 0 spiro atoms. The van der Waals surface area contributed by atoms with E-state index in [-0.39, 0.29) is 24.1 Å². The van der Waals surface area contributed by atoms with E-state index in [1.54, 1.807) is 0 Å². The zero-order chi connectivity index (χ0) is 20.1. The quantitative estimate of drug-likeness (QED) is 0.774. The van der Waals surface area contributed by atoms with Crippen LogP contribution in [0.2, 0.25) is 0 Å². The van der Waals surface area contributed by atoms with Crippen LogP contribution < -0.4 is 10.2 Å². The number of carbonyl (C=O) groups excluding carboxylic acids is 1. The van der Waals surface area contributed by atoms with Gasteiger partial charge >= 0.3 is 0 Å². The molecular weight excluding hydrogens is 350 g/mol. The zero-order valence-corrected chi connectivity index (χ0v) is 17.0. The number of nitrogens with one attached hydrogen (secondary N) is 1. The van der Waals surface area contributed by atoms with E-state index in [0.29, 0.717) is 5.56 Å². The van der Waals surface area contributed by atoms with E-state index in [4.69, 9.17) is 0 Å². The van der Waals surface area contributed by atoms with Gasteiger partial charge in [0.25, 0.3) is 5.91 Å². The van der Waals surface area contributed by atoms with Gasteiger partial charge in [-0.3, -0.25) is 9.69 Å². The summed E-state index contributed by atoms with van der Waals surface area (Å²) in [5.41, 5.74) is 2.98. The van der Waals surface area contributed by atoms with Gasteiger partial charge < -0.3 is 15.3 Å². The monoisotopic (exact) mass is 381 g/mol. The maximum atomic E-state index is 12.2. The van der Waals surface area contributed by atoms with E-state index in [1.807, 2.05) is 44.2 Å². The second-order valence-corrected chi connectivity index (χ2v) is 7.91. The summed E-state index contributed by atoms with van der Waals surface area (Å²) in [7, 11) is 2.09. The molecule has 0 saturated carbocycles. The molecule has 5 heteroatoms. The van der Waals surface area contributed by atoms with Crippen molar-refractivity contribution in [2.45, 2.75) is 38.5 Å². The molecule has 1 heterocycles. The van der Waals surface area contributed by atoms with E-state index in [9.17, 15) is 9.90 Å². The van der Waals surface area contributed by atoms with E-state index in [0.717, 1.165) is 31.7 Å².